The summed E-state index contributed by atoms with van der Waals surface area (Å²) in [6.45, 7) is 2.04. The topological polar surface area (TPSA) is 113 Å². The number of benzene rings is 1. The van der Waals surface area contributed by atoms with Crippen molar-refractivity contribution in [3.8, 4) is 6.07 Å². The van der Waals surface area contributed by atoms with Crippen LogP contribution in [0.1, 0.15) is 37.7 Å². The maximum atomic E-state index is 13.2. The van der Waals surface area contributed by atoms with Crippen LogP contribution in [0, 0.1) is 21.4 Å². The lowest BCUT2D eigenvalue weighted by atomic mass is 9.76. The minimum Gasteiger partial charge on any atom is -0.384 e. The first-order valence-corrected chi connectivity index (χ1v) is 12.2. The molecule has 32 heavy (non-hydrogen) atoms. The predicted molar refractivity (Wildman–Crippen MR) is 127 cm³/mol. The van der Waals surface area contributed by atoms with Crippen molar-refractivity contribution in [2.24, 2.45) is 5.73 Å². The van der Waals surface area contributed by atoms with Crippen LogP contribution in [0.5, 0.6) is 0 Å². The average Bonchev–Trinajstić information content (AvgIpc) is 3.21. The molecule has 2 N–H and O–H groups in total. The quantitative estimate of drug-likeness (QED) is 0.326. The number of thioether (sulfide) groups is 1. The zero-order valence-electron chi connectivity index (χ0n) is 17.1. The SMILES string of the molecule is CCSc1sccc1[C@H]1C(C#N)=C(N)N(c2ccc(Cl)cc2[N+](=O)[O-])C2=C1C(=O)CCC2. The van der Waals surface area contributed by atoms with Crippen LogP contribution in [0.15, 0.2) is 56.5 Å². The second kappa shape index (κ2) is 8.98. The highest BCUT2D eigenvalue weighted by molar-refractivity contribution is 8.01. The first kappa shape index (κ1) is 22.4. The highest BCUT2D eigenvalue weighted by atomic mass is 35.5. The van der Waals surface area contributed by atoms with Gasteiger partial charge in [0.25, 0.3) is 5.69 Å². The maximum absolute atomic E-state index is 13.2. The Morgan fingerprint density at radius 1 is 1.41 bits per heavy atom. The van der Waals surface area contributed by atoms with Gasteiger partial charge in [0.05, 0.1) is 26.7 Å². The predicted octanol–water partition coefficient (Wildman–Crippen LogP) is 5.73. The second-order valence-corrected chi connectivity index (χ2v) is 10.2. The van der Waals surface area contributed by atoms with Crippen LogP contribution in [0.4, 0.5) is 11.4 Å². The van der Waals surface area contributed by atoms with E-state index in [4.69, 9.17) is 17.3 Å². The number of nitriles is 1. The van der Waals surface area contributed by atoms with E-state index in [1.54, 1.807) is 23.1 Å². The molecule has 1 aliphatic carbocycles. The molecule has 0 saturated heterocycles. The Balaban J connectivity index is 2.00. The molecular weight excluding hydrogens is 468 g/mol. The molecule has 10 heteroatoms. The summed E-state index contributed by atoms with van der Waals surface area (Å²) in [5.41, 5.74) is 8.71. The molecule has 0 fully saturated rings. The van der Waals surface area contributed by atoms with Crippen LogP contribution in [0.3, 0.4) is 0 Å². The smallest absolute Gasteiger partial charge is 0.294 e. The van der Waals surface area contributed by atoms with Crippen molar-refractivity contribution in [1.29, 1.82) is 5.26 Å². The Kier molecular flexibility index (Phi) is 6.29. The molecule has 2 heterocycles. The van der Waals surface area contributed by atoms with Crippen molar-refractivity contribution in [3.05, 3.63) is 73.0 Å². The summed E-state index contributed by atoms with van der Waals surface area (Å²) >= 11 is 9.23. The van der Waals surface area contributed by atoms with Gasteiger partial charge in [-0.3, -0.25) is 19.8 Å². The summed E-state index contributed by atoms with van der Waals surface area (Å²) in [4.78, 5) is 26.0. The van der Waals surface area contributed by atoms with E-state index in [0.717, 1.165) is 15.5 Å². The van der Waals surface area contributed by atoms with Crippen molar-refractivity contribution < 1.29 is 9.72 Å². The van der Waals surface area contributed by atoms with E-state index in [1.165, 1.54) is 23.1 Å². The first-order chi connectivity index (χ1) is 15.4. The number of hydrogen-bond acceptors (Lipinski definition) is 8. The van der Waals surface area contributed by atoms with E-state index in [9.17, 15) is 20.2 Å². The van der Waals surface area contributed by atoms with E-state index in [-0.39, 0.29) is 33.6 Å². The number of rotatable bonds is 5. The number of carbonyl (C=O) groups excluding carboxylic acids is 1. The van der Waals surface area contributed by atoms with Crippen molar-refractivity contribution in [2.75, 3.05) is 10.7 Å². The summed E-state index contributed by atoms with van der Waals surface area (Å²) in [6, 6.07) is 8.43. The zero-order chi connectivity index (χ0) is 23.0. The van der Waals surface area contributed by atoms with E-state index < -0.39 is 10.8 Å². The molecule has 164 valence electrons. The Bertz CT molecular complexity index is 1230. The number of thiophene rings is 1. The fourth-order valence-corrected chi connectivity index (χ4v) is 6.51. The monoisotopic (exact) mass is 486 g/mol. The van der Waals surface area contributed by atoms with Crippen molar-refractivity contribution in [1.82, 2.24) is 0 Å². The van der Waals surface area contributed by atoms with Gasteiger partial charge in [0.15, 0.2) is 5.78 Å². The third-order valence-corrected chi connectivity index (χ3v) is 7.92. The minimum atomic E-state index is -0.578. The van der Waals surface area contributed by atoms with E-state index >= 15 is 0 Å². The van der Waals surface area contributed by atoms with Crippen molar-refractivity contribution in [3.63, 3.8) is 0 Å². The second-order valence-electron chi connectivity index (χ2n) is 7.30. The zero-order valence-corrected chi connectivity index (χ0v) is 19.5. The largest absolute Gasteiger partial charge is 0.384 e. The molecule has 0 spiro atoms. The number of carbonyl (C=O) groups is 1. The molecular formula is C22H19ClN4O3S2. The Morgan fingerprint density at radius 2 is 2.19 bits per heavy atom. The molecule has 0 radical (unpaired) electrons. The molecule has 7 nitrogen and oxygen atoms in total. The Labute approximate surface area is 198 Å². The van der Waals surface area contributed by atoms with Gasteiger partial charge in [-0.25, -0.2) is 0 Å². The van der Waals surface area contributed by atoms with Gasteiger partial charge in [-0.15, -0.1) is 23.1 Å². The average molecular weight is 487 g/mol. The number of halogens is 1. The Hall–Kier alpha value is -2.80. The van der Waals surface area contributed by atoms with Gasteiger partial charge in [-0.2, -0.15) is 5.26 Å². The molecule has 1 aromatic heterocycles. The van der Waals surface area contributed by atoms with Gasteiger partial charge in [0.2, 0.25) is 0 Å². The number of allylic oxidation sites excluding steroid dienone is 3. The van der Waals surface area contributed by atoms with Gasteiger partial charge in [-0.1, -0.05) is 18.5 Å². The molecule has 1 atom stereocenters. The van der Waals surface area contributed by atoms with Crippen molar-refractivity contribution in [2.45, 2.75) is 36.3 Å². The molecule has 1 aliphatic heterocycles. The number of nitrogens with zero attached hydrogens (tertiary/aromatic N) is 3. The van der Waals surface area contributed by atoms with Crippen molar-refractivity contribution >= 4 is 51.9 Å². The number of nitro groups is 1. The standard InChI is InChI=1S/C22H19ClN4O3S2/c1-2-31-22-13(8-9-32-22)19-14(11-24)21(25)26(16-4-3-5-18(28)20(16)19)15-7-6-12(23)10-17(15)27(29)30/h6-10,19H,2-5,25H2,1H3/t19-/m0/s1. The summed E-state index contributed by atoms with van der Waals surface area (Å²) in [5.74, 6) is 0.321. The molecule has 2 aliphatic rings. The molecule has 0 saturated carbocycles. The van der Waals surface area contributed by atoms with Crippen LogP contribution in [0.2, 0.25) is 5.02 Å². The number of Topliss-reactive ketones (excluding diaryl/α,β-unsaturated/α-hetero) is 1. The van der Waals surface area contributed by atoms with Gasteiger partial charge < -0.3 is 5.73 Å². The minimum absolute atomic E-state index is 0.0586. The lowest BCUT2D eigenvalue weighted by molar-refractivity contribution is -0.384. The number of hydrogen-bond donors (Lipinski definition) is 1. The van der Waals surface area contributed by atoms with Gasteiger partial charge in [-0.05, 0) is 47.7 Å². The fourth-order valence-electron chi connectivity index (χ4n) is 4.27. The summed E-state index contributed by atoms with van der Waals surface area (Å²) in [7, 11) is 0. The maximum Gasteiger partial charge on any atom is 0.294 e. The molecule has 0 unspecified atom stereocenters. The number of nitrogens with two attached hydrogens (primary N) is 1. The molecule has 4 rings (SSSR count). The number of anilines is 1. The van der Waals surface area contributed by atoms with E-state index in [1.807, 2.05) is 18.4 Å². The summed E-state index contributed by atoms with van der Waals surface area (Å²) in [6.07, 6.45) is 1.50. The van der Waals surface area contributed by atoms with E-state index in [0.29, 0.717) is 30.5 Å². The normalized spacial score (nSPS) is 18.6. The lowest BCUT2D eigenvalue weighted by Crippen LogP contribution is -2.39. The first-order valence-electron chi connectivity index (χ1n) is 9.99. The van der Waals surface area contributed by atoms with Crippen LogP contribution in [0.25, 0.3) is 0 Å². The van der Waals surface area contributed by atoms with Crippen LogP contribution < -0.4 is 10.6 Å². The molecule has 0 bridgehead atoms. The fraction of sp³-hybridized carbons (Fsp3) is 0.273. The van der Waals surface area contributed by atoms with Crippen LogP contribution >= 0.6 is 34.7 Å². The molecule has 0 amide bonds. The highest BCUT2D eigenvalue weighted by Crippen LogP contribution is 2.50. The lowest BCUT2D eigenvalue weighted by Gasteiger charge is -2.39. The third kappa shape index (κ3) is 3.68. The van der Waals surface area contributed by atoms with Gasteiger partial charge >= 0.3 is 0 Å². The molecule has 1 aromatic carbocycles. The summed E-state index contributed by atoms with van der Waals surface area (Å²) < 4.78 is 1.04. The van der Waals surface area contributed by atoms with Gasteiger partial charge in [0, 0.05) is 28.8 Å². The molecule has 2 aromatic rings. The number of ketones is 1. The van der Waals surface area contributed by atoms with Gasteiger partial charge in [0.1, 0.15) is 11.5 Å². The van der Waals surface area contributed by atoms with E-state index in [2.05, 4.69) is 6.07 Å². The van der Waals surface area contributed by atoms with Crippen LogP contribution in [-0.4, -0.2) is 16.5 Å². The highest BCUT2D eigenvalue weighted by Gasteiger charge is 2.42. The number of nitro benzene ring substituents is 1. The summed E-state index contributed by atoms with van der Waals surface area (Å²) in [5, 5.41) is 24.1. The third-order valence-electron chi connectivity index (χ3n) is 5.53. The van der Waals surface area contributed by atoms with Crippen LogP contribution in [-0.2, 0) is 4.79 Å². The Morgan fingerprint density at radius 3 is 2.88 bits per heavy atom.